The molecule has 3 rings (SSSR count). The SMILES string of the molecule is CCC1(CC)CNC(C2CC2)CN1CC1CC1. The molecule has 0 bridgehead atoms. The molecule has 17 heavy (non-hydrogen) atoms. The van der Waals surface area contributed by atoms with Crippen molar-refractivity contribution in [1.29, 1.82) is 0 Å². The third-order valence-electron chi connectivity index (χ3n) is 5.46. The number of piperazine rings is 1. The highest BCUT2D eigenvalue weighted by molar-refractivity contribution is 5.02. The zero-order valence-corrected chi connectivity index (χ0v) is 11.5. The fourth-order valence-corrected chi connectivity index (χ4v) is 3.57. The van der Waals surface area contributed by atoms with Crippen molar-refractivity contribution in [2.45, 2.75) is 64.0 Å². The van der Waals surface area contributed by atoms with E-state index in [2.05, 4.69) is 24.1 Å². The van der Waals surface area contributed by atoms with E-state index in [-0.39, 0.29) is 0 Å². The Labute approximate surface area is 106 Å². The predicted octanol–water partition coefficient (Wildman–Crippen LogP) is 2.64. The number of hydrogen-bond donors (Lipinski definition) is 1. The topological polar surface area (TPSA) is 15.3 Å². The highest BCUT2D eigenvalue weighted by atomic mass is 15.3. The molecule has 0 spiro atoms. The van der Waals surface area contributed by atoms with Gasteiger partial charge in [0, 0.05) is 31.2 Å². The first kappa shape index (κ1) is 12.0. The van der Waals surface area contributed by atoms with Crippen LogP contribution in [-0.4, -0.2) is 36.1 Å². The van der Waals surface area contributed by atoms with Gasteiger partial charge in [0.05, 0.1) is 0 Å². The molecule has 1 heterocycles. The Balaban J connectivity index is 1.69. The molecule has 1 atom stereocenters. The molecular weight excluding hydrogens is 208 g/mol. The average molecular weight is 236 g/mol. The minimum absolute atomic E-state index is 0.466. The van der Waals surface area contributed by atoms with Gasteiger partial charge in [0.25, 0.3) is 0 Å². The summed E-state index contributed by atoms with van der Waals surface area (Å²) in [5, 5.41) is 3.86. The molecule has 0 amide bonds. The van der Waals surface area contributed by atoms with Crippen LogP contribution in [0.5, 0.6) is 0 Å². The van der Waals surface area contributed by atoms with Crippen LogP contribution in [0.3, 0.4) is 0 Å². The fraction of sp³-hybridized carbons (Fsp3) is 1.00. The zero-order chi connectivity index (χ0) is 11.9. The van der Waals surface area contributed by atoms with Crippen molar-refractivity contribution in [3.63, 3.8) is 0 Å². The molecule has 1 N–H and O–H groups in total. The van der Waals surface area contributed by atoms with E-state index >= 15 is 0 Å². The molecule has 3 aliphatic rings. The predicted molar refractivity (Wildman–Crippen MR) is 72.1 cm³/mol. The van der Waals surface area contributed by atoms with E-state index < -0.39 is 0 Å². The second-order valence-corrected chi connectivity index (χ2v) is 6.60. The van der Waals surface area contributed by atoms with Crippen LogP contribution in [0.4, 0.5) is 0 Å². The summed E-state index contributed by atoms with van der Waals surface area (Å²) in [6, 6.07) is 0.806. The van der Waals surface area contributed by atoms with Crippen LogP contribution in [0.2, 0.25) is 0 Å². The minimum atomic E-state index is 0.466. The molecule has 3 fully saturated rings. The molecule has 2 saturated carbocycles. The number of nitrogens with zero attached hydrogens (tertiary/aromatic N) is 1. The van der Waals surface area contributed by atoms with Crippen LogP contribution < -0.4 is 5.32 Å². The summed E-state index contributed by atoms with van der Waals surface area (Å²) in [6.07, 6.45) is 8.53. The second kappa shape index (κ2) is 4.55. The summed E-state index contributed by atoms with van der Waals surface area (Å²) in [6.45, 7) is 8.69. The summed E-state index contributed by atoms with van der Waals surface area (Å²) in [5.74, 6) is 2.04. The van der Waals surface area contributed by atoms with Crippen molar-refractivity contribution in [2.24, 2.45) is 11.8 Å². The fourth-order valence-electron chi connectivity index (χ4n) is 3.57. The lowest BCUT2D eigenvalue weighted by molar-refractivity contribution is 0.0234. The summed E-state index contributed by atoms with van der Waals surface area (Å²) < 4.78 is 0. The maximum absolute atomic E-state index is 3.86. The van der Waals surface area contributed by atoms with Crippen molar-refractivity contribution < 1.29 is 0 Å². The Morgan fingerprint density at radius 1 is 1.12 bits per heavy atom. The largest absolute Gasteiger partial charge is 0.311 e. The van der Waals surface area contributed by atoms with E-state index in [1.807, 2.05) is 0 Å². The second-order valence-electron chi connectivity index (χ2n) is 6.60. The van der Waals surface area contributed by atoms with Crippen molar-refractivity contribution in [1.82, 2.24) is 10.2 Å². The van der Waals surface area contributed by atoms with E-state index in [1.54, 1.807) is 0 Å². The van der Waals surface area contributed by atoms with Gasteiger partial charge in [-0.2, -0.15) is 0 Å². The summed E-state index contributed by atoms with van der Waals surface area (Å²) in [4.78, 5) is 2.87. The Hall–Kier alpha value is -0.0800. The molecule has 2 aliphatic carbocycles. The van der Waals surface area contributed by atoms with E-state index in [1.165, 1.54) is 58.2 Å². The lowest BCUT2D eigenvalue weighted by Gasteiger charge is -2.50. The summed E-state index contributed by atoms with van der Waals surface area (Å²) in [5.41, 5.74) is 0.466. The first-order valence-electron chi connectivity index (χ1n) is 7.76. The van der Waals surface area contributed by atoms with Crippen molar-refractivity contribution in [2.75, 3.05) is 19.6 Å². The molecule has 0 aromatic heterocycles. The van der Waals surface area contributed by atoms with Crippen molar-refractivity contribution in [3.05, 3.63) is 0 Å². The number of hydrogen-bond acceptors (Lipinski definition) is 2. The molecule has 0 aromatic carbocycles. The maximum Gasteiger partial charge on any atom is 0.0329 e. The molecule has 2 heteroatoms. The quantitative estimate of drug-likeness (QED) is 0.789. The van der Waals surface area contributed by atoms with Gasteiger partial charge in [0.15, 0.2) is 0 Å². The van der Waals surface area contributed by atoms with Crippen molar-refractivity contribution >= 4 is 0 Å². The van der Waals surface area contributed by atoms with Gasteiger partial charge >= 0.3 is 0 Å². The first-order chi connectivity index (χ1) is 8.27. The molecule has 1 unspecified atom stereocenters. The van der Waals surface area contributed by atoms with Crippen LogP contribution >= 0.6 is 0 Å². The van der Waals surface area contributed by atoms with E-state index in [0.717, 1.165) is 17.9 Å². The van der Waals surface area contributed by atoms with Crippen LogP contribution in [0.15, 0.2) is 0 Å². The monoisotopic (exact) mass is 236 g/mol. The highest BCUT2D eigenvalue weighted by Crippen LogP contribution is 2.39. The van der Waals surface area contributed by atoms with Gasteiger partial charge < -0.3 is 5.32 Å². The standard InChI is InChI=1S/C15H28N2/c1-3-15(4-2)11-16-14(13-7-8-13)10-17(15)9-12-5-6-12/h12-14,16H,3-11H2,1-2H3. The smallest absolute Gasteiger partial charge is 0.0329 e. The van der Waals surface area contributed by atoms with Gasteiger partial charge in [-0.15, -0.1) is 0 Å². The van der Waals surface area contributed by atoms with Gasteiger partial charge in [-0.3, -0.25) is 4.90 Å². The molecule has 1 saturated heterocycles. The lowest BCUT2D eigenvalue weighted by atomic mass is 9.86. The van der Waals surface area contributed by atoms with Crippen LogP contribution in [0, 0.1) is 11.8 Å². The van der Waals surface area contributed by atoms with E-state index in [0.29, 0.717) is 5.54 Å². The Morgan fingerprint density at radius 2 is 1.82 bits per heavy atom. The normalized spacial score (nSPS) is 33.9. The maximum atomic E-state index is 3.86. The summed E-state index contributed by atoms with van der Waals surface area (Å²) in [7, 11) is 0. The molecular formula is C15H28N2. The first-order valence-corrected chi connectivity index (χ1v) is 7.76. The van der Waals surface area contributed by atoms with Crippen LogP contribution in [0.1, 0.15) is 52.4 Å². The van der Waals surface area contributed by atoms with Crippen LogP contribution in [-0.2, 0) is 0 Å². The Bertz CT molecular complexity index is 264. The van der Waals surface area contributed by atoms with Gasteiger partial charge in [0.1, 0.15) is 0 Å². The van der Waals surface area contributed by atoms with Gasteiger partial charge in [-0.1, -0.05) is 13.8 Å². The van der Waals surface area contributed by atoms with Crippen LogP contribution in [0.25, 0.3) is 0 Å². The number of nitrogens with one attached hydrogen (secondary N) is 1. The van der Waals surface area contributed by atoms with E-state index in [9.17, 15) is 0 Å². The molecule has 98 valence electrons. The Kier molecular flexibility index (Phi) is 3.20. The van der Waals surface area contributed by atoms with Crippen molar-refractivity contribution in [3.8, 4) is 0 Å². The zero-order valence-electron chi connectivity index (χ0n) is 11.5. The highest BCUT2D eigenvalue weighted by Gasteiger charge is 2.44. The lowest BCUT2D eigenvalue weighted by Crippen LogP contribution is -2.65. The van der Waals surface area contributed by atoms with Gasteiger partial charge in [-0.25, -0.2) is 0 Å². The molecule has 1 aliphatic heterocycles. The van der Waals surface area contributed by atoms with Gasteiger partial charge in [-0.05, 0) is 50.4 Å². The number of rotatable bonds is 5. The molecule has 2 nitrogen and oxygen atoms in total. The summed E-state index contributed by atoms with van der Waals surface area (Å²) >= 11 is 0. The Morgan fingerprint density at radius 3 is 2.35 bits per heavy atom. The third-order valence-corrected chi connectivity index (χ3v) is 5.46. The van der Waals surface area contributed by atoms with Gasteiger partial charge in [0.2, 0.25) is 0 Å². The average Bonchev–Trinajstić information content (AvgIpc) is 3.22. The molecule has 0 radical (unpaired) electrons. The minimum Gasteiger partial charge on any atom is -0.311 e. The molecule has 0 aromatic rings. The van der Waals surface area contributed by atoms with E-state index in [4.69, 9.17) is 0 Å². The third kappa shape index (κ3) is 2.39.